The van der Waals surface area contributed by atoms with Gasteiger partial charge in [0.15, 0.2) is 0 Å². The van der Waals surface area contributed by atoms with Crippen LogP contribution in [0.1, 0.15) is 16.7 Å². The van der Waals surface area contributed by atoms with Crippen LogP contribution in [-0.4, -0.2) is 4.57 Å². The van der Waals surface area contributed by atoms with E-state index in [-0.39, 0.29) is 5.82 Å². The van der Waals surface area contributed by atoms with Crippen molar-refractivity contribution in [2.45, 2.75) is 6.54 Å². The summed E-state index contributed by atoms with van der Waals surface area (Å²) in [6, 6.07) is 24.1. The van der Waals surface area contributed by atoms with Gasteiger partial charge in [0.25, 0.3) is 0 Å². The maximum absolute atomic E-state index is 13.2. The highest BCUT2D eigenvalue weighted by atomic mass is 35.5. The molecule has 4 rings (SSSR count). The zero-order valence-electron chi connectivity index (χ0n) is 14.9. The van der Waals surface area contributed by atoms with Crippen LogP contribution < -0.4 is 0 Å². The number of hydrogen-bond donors (Lipinski definition) is 0. The highest BCUT2D eigenvalue weighted by Crippen LogP contribution is 2.29. The van der Waals surface area contributed by atoms with E-state index in [1.807, 2.05) is 54.7 Å². The van der Waals surface area contributed by atoms with Gasteiger partial charge in [0, 0.05) is 39.8 Å². The van der Waals surface area contributed by atoms with Gasteiger partial charge in [-0.15, -0.1) is 0 Å². The minimum atomic E-state index is -0.247. The Morgan fingerprint density at radius 2 is 1.71 bits per heavy atom. The first-order chi connectivity index (χ1) is 13.7. The minimum absolute atomic E-state index is 0.247. The van der Waals surface area contributed by atoms with Crippen molar-refractivity contribution in [1.29, 1.82) is 5.26 Å². The summed E-state index contributed by atoms with van der Waals surface area (Å²) in [7, 11) is 0. The molecular formula is C24H16ClFN2. The molecule has 2 nitrogen and oxygen atoms in total. The van der Waals surface area contributed by atoms with Crippen LogP contribution in [0.4, 0.5) is 4.39 Å². The Bertz CT molecular complexity index is 1210. The molecule has 0 aliphatic heterocycles. The van der Waals surface area contributed by atoms with Gasteiger partial charge in [-0.2, -0.15) is 5.26 Å². The third kappa shape index (κ3) is 3.55. The number of nitriles is 1. The molecule has 1 aromatic heterocycles. The van der Waals surface area contributed by atoms with Crippen LogP contribution in [0.25, 0.3) is 22.6 Å². The van der Waals surface area contributed by atoms with E-state index in [2.05, 4.69) is 10.6 Å². The van der Waals surface area contributed by atoms with Gasteiger partial charge in [-0.3, -0.25) is 0 Å². The summed E-state index contributed by atoms with van der Waals surface area (Å²) in [6.07, 6.45) is 3.88. The number of allylic oxidation sites excluding steroid dienone is 1. The van der Waals surface area contributed by atoms with Crippen molar-refractivity contribution in [3.63, 3.8) is 0 Å². The smallest absolute Gasteiger partial charge is 0.123 e. The minimum Gasteiger partial charge on any atom is -0.342 e. The van der Waals surface area contributed by atoms with Gasteiger partial charge in [-0.1, -0.05) is 60.1 Å². The van der Waals surface area contributed by atoms with Crippen LogP contribution in [0, 0.1) is 17.1 Å². The van der Waals surface area contributed by atoms with E-state index < -0.39 is 0 Å². The molecule has 136 valence electrons. The molecule has 4 aromatic rings. The van der Waals surface area contributed by atoms with Gasteiger partial charge in [-0.25, -0.2) is 4.39 Å². The molecule has 0 saturated carbocycles. The Balaban J connectivity index is 1.81. The first-order valence-electron chi connectivity index (χ1n) is 8.85. The topological polar surface area (TPSA) is 28.7 Å². The second-order valence-electron chi connectivity index (χ2n) is 6.51. The van der Waals surface area contributed by atoms with Crippen LogP contribution in [0.5, 0.6) is 0 Å². The molecule has 0 fully saturated rings. The fraction of sp³-hybridized carbons (Fsp3) is 0.0417. The molecule has 0 spiro atoms. The Hall–Kier alpha value is -3.35. The van der Waals surface area contributed by atoms with E-state index in [1.54, 1.807) is 18.2 Å². The van der Waals surface area contributed by atoms with Crippen LogP contribution in [0.15, 0.2) is 79.0 Å². The summed E-state index contributed by atoms with van der Waals surface area (Å²) in [4.78, 5) is 0. The normalized spacial score (nSPS) is 11.5. The van der Waals surface area contributed by atoms with Gasteiger partial charge >= 0.3 is 0 Å². The predicted octanol–water partition coefficient (Wildman–Crippen LogP) is 6.55. The van der Waals surface area contributed by atoms with Crippen LogP contribution in [0.3, 0.4) is 0 Å². The van der Waals surface area contributed by atoms with E-state index in [1.165, 1.54) is 12.1 Å². The summed E-state index contributed by atoms with van der Waals surface area (Å²) in [5.41, 5.74) is 4.21. The Morgan fingerprint density at radius 3 is 2.46 bits per heavy atom. The number of hydrogen-bond acceptors (Lipinski definition) is 1. The van der Waals surface area contributed by atoms with Gasteiger partial charge in [0.1, 0.15) is 5.82 Å². The standard InChI is InChI=1S/C24H16ClFN2/c25-23-7-3-1-5-21(23)18(14-27)13-19-16-28(24-8-4-2-6-22(19)24)15-17-9-11-20(26)12-10-17/h1-13,16H,15H2. The van der Waals surface area contributed by atoms with Crippen molar-refractivity contribution in [2.24, 2.45) is 0 Å². The largest absolute Gasteiger partial charge is 0.342 e. The lowest BCUT2D eigenvalue weighted by Gasteiger charge is -2.05. The van der Waals surface area contributed by atoms with Crippen molar-refractivity contribution < 1.29 is 4.39 Å². The number of aromatic nitrogens is 1. The van der Waals surface area contributed by atoms with Gasteiger partial charge in [-0.05, 0) is 35.9 Å². The molecular weight excluding hydrogens is 371 g/mol. The molecule has 4 heteroatoms. The first-order valence-corrected chi connectivity index (χ1v) is 9.22. The van der Waals surface area contributed by atoms with E-state index in [0.717, 1.165) is 22.0 Å². The molecule has 28 heavy (non-hydrogen) atoms. The van der Waals surface area contributed by atoms with Crippen molar-refractivity contribution in [1.82, 2.24) is 4.57 Å². The molecule has 0 N–H and O–H groups in total. The Morgan fingerprint density at radius 1 is 1.00 bits per heavy atom. The quantitative estimate of drug-likeness (QED) is 0.366. The maximum Gasteiger partial charge on any atom is 0.123 e. The summed E-state index contributed by atoms with van der Waals surface area (Å²) in [5.74, 6) is -0.247. The van der Waals surface area contributed by atoms with Crippen molar-refractivity contribution >= 4 is 34.2 Å². The Kier molecular flexibility index (Phi) is 4.97. The summed E-state index contributed by atoms with van der Waals surface area (Å²) in [5, 5.41) is 11.3. The number of fused-ring (bicyclic) bond motifs is 1. The van der Waals surface area contributed by atoms with Crippen LogP contribution in [-0.2, 0) is 6.54 Å². The zero-order chi connectivity index (χ0) is 19.5. The first kappa shape index (κ1) is 18.0. The van der Waals surface area contributed by atoms with E-state index in [9.17, 15) is 9.65 Å². The summed E-state index contributed by atoms with van der Waals surface area (Å²) >= 11 is 6.28. The fourth-order valence-electron chi connectivity index (χ4n) is 3.31. The average molecular weight is 387 g/mol. The van der Waals surface area contributed by atoms with Gasteiger partial charge in [0.05, 0.1) is 11.6 Å². The molecule has 0 radical (unpaired) electrons. The lowest BCUT2D eigenvalue weighted by atomic mass is 10.0. The SMILES string of the molecule is N#CC(=Cc1cn(Cc2ccc(F)cc2)c2ccccc12)c1ccccc1Cl. The van der Waals surface area contributed by atoms with E-state index >= 15 is 0 Å². The predicted molar refractivity (Wildman–Crippen MR) is 112 cm³/mol. The zero-order valence-corrected chi connectivity index (χ0v) is 15.7. The van der Waals surface area contributed by atoms with Crippen molar-refractivity contribution in [2.75, 3.05) is 0 Å². The second kappa shape index (κ2) is 7.72. The van der Waals surface area contributed by atoms with Crippen molar-refractivity contribution in [3.05, 3.63) is 107 Å². The molecule has 0 aliphatic rings. The molecule has 0 bridgehead atoms. The number of benzene rings is 3. The average Bonchev–Trinajstić information content (AvgIpc) is 3.06. The molecule has 0 saturated heterocycles. The summed E-state index contributed by atoms with van der Waals surface area (Å²) < 4.78 is 15.3. The van der Waals surface area contributed by atoms with Crippen molar-refractivity contribution in [3.8, 4) is 6.07 Å². The molecule has 0 atom stereocenters. The molecule has 0 amide bonds. The number of rotatable bonds is 4. The molecule has 3 aromatic carbocycles. The number of nitrogens with zero attached hydrogens (tertiary/aromatic N) is 2. The fourth-order valence-corrected chi connectivity index (χ4v) is 3.55. The van der Waals surface area contributed by atoms with E-state index in [0.29, 0.717) is 22.7 Å². The summed E-state index contributed by atoms with van der Waals surface area (Å²) in [6.45, 7) is 0.614. The molecule has 0 unspecified atom stereocenters. The Labute approximate surface area is 167 Å². The van der Waals surface area contributed by atoms with Crippen LogP contribution in [0.2, 0.25) is 5.02 Å². The second-order valence-corrected chi connectivity index (χ2v) is 6.91. The third-order valence-corrected chi connectivity index (χ3v) is 5.00. The lowest BCUT2D eigenvalue weighted by Crippen LogP contribution is -1.97. The highest BCUT2D eigenvalue weighted by molar-refractivity contribution is 6.32. The van der Waals surface area contributed by atoms with E-state index in [4.69, 9.17) is 11.6 Å². The third-order valence-electron chi connectivity index (χ3n) is 4.67. The maximum atomic E-state index is 13.2. The van der Waals surface area contributed by atoms with Crippen LogP contribution >= 0.6 is 11.6 Å². The molecule has 1 heterocycles. The molecule has 0 aliphatic carbocycles. The van der Waals surface area contributed by atoms with Gasteiger partial charge in [0.2, 0.25) is 0 Å². The van der Waals surface area contributed by atoms with Gasteiger partial charge < -0.3 is 4.57 Å². The number of para-hydroxylation sites is 1. The lowest BCUT2D eigenvalue weighted by molar-refractivity contribution is 0.626. The number of halogens is 2. The highest BCUT2D eigenvalue weighted by Gasteiger charge is 2.11. The monoisotopic (exact) mass is 386 g/mol.